The predicted molar refractivity (Wildman–Crippen MR) is 100 cm³/mol. The van der Waals surface area contributed by atoms with Crippen molar-refractivity contribution in [3.63, 3.8) is 0 Å². The Bertz CT molecular complexity index is 1000. The third-order valence-electron chi connectivity index (χ3n) is 4.45. The fourth-order valence-corrected chi connectivity index (χ4v) is 3.13. The summed E-state index contributed by atoms with van der Waals surface area (Å²) in [5.41, 5.74) is 5.61. The van der Waals surface area contributed by atoms with E-state index in [-0.39, 0.29) is 0 Å². The van der Waals surface area contributed by atoms with Gasteiger partial charge in [0, 0.05) is 11.8 Å². The number of hydrogen-bond acceptors (Lipinski definition) is 1. The summed E-state index contributed by atoms with van der Waals surface area (Å²) in [6.07, 6.45) is 6.15. The van der Waals surface area contributed by atoms with E-state index in [2.05, 4.69) is 82.9 Å². The van der Waals surface area contributed by atoms with Gasteiger partial charge in [0.15, 0.2) is 0 Å². The highest BCUT2D eigenvalue weighted by molar-refractivity contribution is 5.69. The molecule has 25 heavy (non-hydrogen) atoms. The number of hydrogen-bond donors (Lipinski definition) is 0. The lowest BCUT2D eigenvalue weighted by Gasteiger charge is -2.08. The molecular weight excluding hydrogens is 306 g/mol. The van der Waals surface area contributed by atoms with Gasteiger partial charge in [-0.15, -0.1) is 0 Å². The fraction of sp³-hybridized carbons (Fsp3) is 0.0909. The SMILES string of the molecule is Cc1cnc(-c2ccccc2)cc1-c1n(-c2ccccc2)cc[n+]1C. The van der Waals surface area contributed by atoms with Crippen molar-refractivity contribution in [3.05, 3.63) is 90.9 Å². The molecular formula is C22H20N3+. The Kier molecular flexibility index (Phi) is 3.90. The molecule has 0 aliphatic heterocycles. The van der Waals surface area contributed by atoms with Crippen LogP contribution in [0.15, 0.2) is 85.3 Å². The maximum Gasteiger partial charge on any atom is 0.294 e. The summed E-state index contributed by atoms with van der Waals surface area (Å²) in [4.78, 5) is 4.63. The van der Waals surface area contributed by atoms with Gasteiger partial charge in [-0.2, -0.15) is 4.57 Å². The first-order valence-corrected chi connectivity index (χ1v) is 8.39. The first-order chi connectivity index (χ1) is 12.2. The lowest BCUT2D eigenvalue weighted by molar-refractivity contribution is -0.659. The van der Waals surface area contributed by atoms with E-state index in [0.29, 0.717) is 0 Å². The molecule has 0 amide bonds. The van der Waals surface area contributed by atoms with E-state index < -0.39 is 0 Å². The molecule has 2 aromatic heterocycles. The zero-order valence-corrected chi connectivity index (χ0v) is 14.4. The smallest absolute Gasteiger partial charge is 0.256 e. The number of benzene rings is 2. The van der Waals surface area contributed by atoms with Crippen molar-refractivity contribution >= 4 is 0 Å². The molecule has 0 unspecified atom stereocenters. The molecule has 0 atom stereocenters. The Balaban J connectivity index is 1.90. The zero-order chi connectivity index (χ0) is 17.2. The lowest BCUT2D eigenvalue weighted by Crippen LogP contribution is -2.29. The van der Waals surface area contributed by atoms with Crippen molar-refractivity contribution in [1.29, 1.82) is 0 Å². The average Bonchev–Trinajstić information content (AvgIpc) is 3.05. The summed E-state index contributed by atoms with van der Waals surface area (Å²) in [5, 5.41) is 0. The maximum absolute atomic E-state index is 4.63. The Morgan fingerprint density at radius 2 is 1.60 bits per heavy atom. The summed E-state index contributed by atoms with van der Waals surface area (Å²) in [6, 6.07) is 22.9. The number of aryl methyl sites for hydroxylation is 2. The third-order valence-corrected chi connectivity index (χ3v) is 4.45. The van der Waals surface area contributed by atoms with Crippen LogP contribution in [0.25, 0.3) is 28.3 Å². The Hall–Kier alpha value is -3.20. The normalized spacial score (nSPS) is 10.8. The van der Waals surface area contributed by atoms with Crippen LogP contribution in [0, 0.1) is 6.92 Å². The fourth-order valence-electron chi connectivity index (χ4n) is 3.13. The van der Waals surface area contributed by atoms with Crippen LogP contribution in [0.1, 0.15) is 5.56 Å². The summed E-state index contributed by atoms with van der Waals surface area (Å²) in [5.74, 6) is 1.14. The number of nitrogens with zero attached hydrogens (tertiary/aromatic N) is 3. The van der Waals surface area contributed by atoms with E-state index in [1.54, 1.807) is 0 Å². The second-order valence-corrected chi connectivity index (χ2v) is 6.19. The molecule has 3 nitrogen and oxygen atoms in total. The lowest BCUT2D eigenvalue weighted by atomic mass is 10.1. The monoisotopic (exact) mass is 326 g/mol. The first kappa shape index (κ1) is 15.3. The largest absolute Gasteiger partial charge is 0.294 e. The van der Waals surface area contributed by atoms with Gasteiger partial charge in [0.2, 0.25) is 0 Å². The summed E-state index contributed by atoms with van der Waals surface area (Å²) >= 11 is 0. The molecule has 0 N–H and O–H groups in total. The molecule has 0 radical (unpaired) electrons. The van der Waals surface area contributed by atoms with E-state index >= 15 is 0 Å². The highest BCUT2D eigenvalue weighted by atomic mass is 15.1. The number of aromatic nitrogens is 3. The summed E-state index contributed by atoms with van der Waals surface area (Å²) in [6.45, 7) is 2.11. The molecule has 3 heteroatoms. The van der Waals surface area contributed by atoms with E-state index in [9.17, 15) is 0 Å². The third kappa shape index (κ3) is 2.85. The molecule has 0 spiro atoms. The summed E-state index contributed by atoms with van der Waals surface area (Å²) < 4.78 is 4.38. The molecule has 2 heterocycles. The average molecular weight is 326 g/mol. The highest BCUT2D eigenvalue weighted by Crippen LogP contribution is 2.27. The van der Waals surface area contributed by atoms with Crippen LogP contribution in [-0.4, -0.2) is 9.55 Å². The molecule has 0 bridgehead atoms. The Morgan fingerprint density at radius 1 is 0.920 bits per heavy atom. The van der Waals surface area contributed by atoms with Crippen molar-refractivity contribution in [3.8, 4) is 28.3 Å². The number of para-hydroxylation sites is 1. The molecule has 0 aliphatic carbocycles. The minimum atomic E-state index is 0.988. The van der Waals surface area contributed by atoms with Crippen LogP contribution in [0.4, 0.5) is 0 Å². The Labute approximate surface area is 147 Å². The molecule has 2 aromatic carbocycles. The van der Waals surface area contributed by atoms with Crippen molar-refractivity contribution in [2.45, 2.75) is 6.92 Å². The standard InChI is InChI=1S/C22H20N3/c1-17-16-23-21(18-9-5-3-6-10-18)15-20(17)22-24(2)13-14-25(22)19-11-7-4-8-12-19/h3-16H,1-2H3/q+1. The minimum Gasteiger partial charge on any atom is -0.256 e. The van der Waals surface area contributed by atoms with Crippen LogP contribution < -0.4 is 4.57 Å². The van der Waals surface area contributed by atoms with Crippen LogP contribution in [-0.2, 0) is 7.05 Å². The minimum absolute atomic E-state index is 0.988. The van der Waals surface area contributed by atoms with Crippen molar-refractivity contribution in [2.75, 3.05) is 0 Å². The van der Waals surface area contributed by atoms with E-state index in [1.807, 2.05) is 30.5 Å². The topological polar surface area (TPSA) is 21.7 Å². The number of rotatable bonds is 3. The second kappa shape index (κ2) is 6.36. The molecule has 4 rings (SSSR count). The number of pyridine rings is 1. The van der Waals surface area contributed by atoms with Gasteiger partial charge in [0.1, 0.15) is 18.1 Å². The Morgan fingerprint density at radius 3 is 2.32 bits per heavy atom. The van der Waals surface area contributed by atoms with Gasteiger partial charge in [-0.05, 0) is 30.7 Å². The van der Waals surface area contributed by atoms with Gasteiger partial charge < -0.3 is 0 Å². The zero-order valence-electron chi connectivity index (χ0n) is 14.4. The molecule has 0 fully saturated rings. The molecule has 0 aliphatic rings. The highest BCUT2D eigenvalue weighted by Gasteiger charge is 2.21. The van der Waals surface area contributed by atoms with Crippen molar-refractivity contribution in [1.82, 2.24) is 9.55 Å². The quantitative estimate of drug-likeness (QED) is 0.513. The molecule has 4 aromatic rings. The first-order valence-electron chi connectivity index (χ1n) is 8.39. The second-order valence-electron chi connectivity index (χ2n) is 6.19. The van der Waals surface area contributed by atoms with Gasteiger partial charge in [-0.3, -0.25) is 4.98 Å². The predicted octanol–water partition coefficient (Wildman–Crippen LogP) is 4.34. The van der Waals surface area contributed by atoms with Crippen molar-refractivity contribution in [2.24, 2.45) is 7.05 Å². The summed E-state index contributed by atoms with van der Waals surface area (Å²) in [7, 11) is 2.08. The van der Waals surface area contributed by atoms with Gasteiger partial charge in [0.05, 0.1) is 18.3 Å². The van der Waals surface area contributed by atoms with Crippen LogP contribution >= 0.6 is 0 Å². The van der Waals surface area contributed by atoms with Gasteiger partial charge in [-0.25, -0.2) is 4.57 Å². The van der Waals surface area contributed by atoms with E-state index in [1.165, 1.54) is 5.56 Å². The maximum atomic E-state index is 4.63. The van der Waals surface area contributed by atoms with E-state index in [0.717, 1.165) is 28.3 Å². The molecule has 122 valence electrons. The molecule has 0 saturated heterocycles. The van der Waals surface area contributed by atoms with Gasteiger partial charge >= 0.3 is 0 Å². The van der Waals surface area contributed by atoms with Crippen LogP contribution in [0.5, 0.6) is 0 Å². The number of imidazole rings is 1. The van der Waals surface area contributed by atoms with Crippen molar-refractivity contribution < 1.29 is 4.57 Å². The molecule has 0 saturated carbocycles. The van der Waals surface area contributed by atoms with Crippen LogP contribution in [0.3, 0.4) is 0 Å². The van der Waals surface area contributed by atoms with Gasteiger partial charge in [0.25, 0.3) is 5.82 Å². The van der Waals surface area contributed by atoms with E-state index in [4.69, 9.17) is 0 Å². The van der Waals surface area contributed by atoms with Crippen LogP contribution in [0.2, 0.25) is 0 Å². The van der Waals surface area contributed by atoms with Gasteiger partial charge in [-0.1, -0.05) is 48.5 Å².